The van der Waals surface area contributed by atoms with Crippen LogP contribution in [0.25, 0.3) is 11.1 Å². The molecule has 0 aliphatic carbocycles. The van der Waals surface area contributed by atoms with Gasteiger partial charge in [-0.2, -0.15) is 5.10 Å². The molecule has 158 valence electrons. The van der Waals surface area contributed by atoms with Gasteiger partial charge in [-0.1, -0.05) is 60.7 Å². The second kappa shape index (κ2) is 9.85. The highest BCUT2D eigenvalue weighted by atomic mass is 32.1. The summed E-state index contributed by atoms with van der Waals surface area (Å²) >= 11 is 1.39. The van der Waals surface area contributed by atoms with E-state index in [0.29, 0.717) is 21.8 Å². The van der Waals surface area contributed by atoms with E-state index in [2.05, 4.69) is 15.8 Å². The van der Waals surface area contributed by atoms with Crippen LogP contribution in [-0.4, -0.2) is 17.5 Å². The first-order valence-corrected chi connectivity index (χ1v) is 10.9. The van der Waals surface area contributed by atoms with Crippen LogP contribution < -0.4 is 10.7 Å². The van der Waals surface area contributed by atoms with Gasteiger partial charge in [0.15, 0.2) is 0 Å². The molecule has 32 heavy (non-hydrogen) atoms. The Morgan fingerprint density at radius 1 is 0.719 bits per heavy atom. The first kappa shape index (κ1) is 21.2. The molecule has 0 bridgehead atoms. The second-order valence-corrected chi connectivity index (χ2v) is 8.04. The van der Waals surface area contributed by atoms with Gasteiger partial charge in [0, 0.05) is 11.3 Å². The SMILES string of the molecule is CC(=NNC(=O)c1ccc(-c2ccccc2)cc1)c1ccc(NC(=O)c2cccs2)cc1. The van der Waals surface area contributed by atoms with Crippen LogP contribution in [0, 0.1) is 0 Å². The molecule has 0 aliphatic rings. The number of hydrogen-bond donors (Lipinski definition) is 2. The molecule has 0 atom stereocenters. The van der Waals surface area contributed by atoms with Crippen molar-refractivity contribution in [3.8, 4) is 11.1 Å². The molecule has 6 heteroatoms. The molecule has 0 aliphatic heterocycles. The number of carbonyl (C=O) groups is 2. The summed E-state index contributed by atoms with van der Waals surface area (Å²) < 4.78 is 0. The van der Waals surface area contributed by atoms with Crippen molar-refractivity contribution in [3.05, 3.63) is 112 Å². The quantitative estimate of drug-likeness (QED) is 0.293. The zero-order valence-electron chi connectivity index (χ0n) is 17.4. The number of anilines is 1. The number of amides is 2. The van der Waals surface area contributed by atoms with Gasteiger partial charge in [-0.3, -0.25) is 9.59 Å². The molecule has 0 fully saturated rings. The predicted octanol–water partition coefficient (Wildman–Crippen LogP) is 5.82. The minimum Gasteiger partial charge on any atom is -0.321 e. The Morgan fingerprint density at radius 3 is 2.03 bits per heavy atom. The normalized spacial score (nSPS) is 11.1. The highest BCUT2D eigenvalue weighted by molar-refractivity contribution is 7.12. The third kappa shape index (κ3) is 5.17. The smallest absolute Gasteiger partial charge is 0.271 e. The van der Waals surface area contributed by atoms with E-state index in [1.807, 2.05) is 85.1 Å². The van der Waals surface area contributed by atoms with Gasteiger partial charge in [0.05, 0.1) is 10.6 Å². The fourth-order valence-electron chi connectivity index (χ4n) is 3.10. The summed E-state index contributed by atoms with van der Waals surface area (Å²) in [4.78, 5) is 25.2. The molecular weight excluding hydrogens is 418 g/mol. The third-order valence-electron chi connectivity index (χ3n) is 4.88. The lowest BCUT2D eigenvalue weighted by Gasteiger charge is -2.07. The molecule has 1 heterocycles. The number of rotatable bonds is 6. The van der Waals surface area contributed by atoms with E-state index in [9.17, 15) is 9.59 Å². The molecule has 2 amide bonds. The first-order chi connectivity index (χ1) is 15.6. The Kier molecular flexibility index (Phi) is 6.53. The van der Waals surface area contributed by atoms with Gasteiger partial charge in [0.25, 0.3) is 11.8 Å². The zero-order chi connectivity index (χ0) is 22.3. The Morgan fingerprint density at radius 2 is 1.38 bits per heavy atom. The van der Waals surface area contributed by atoms with Crippen LogP contribution in [0.2, 0.25) is 0 Å². The summed E-state index contributed by atoms with van der Waals surface area (Å²) in [5.74, 6) is -0.410. The van der Waals surface area contributed by atoms with Crippen LogP contribution in [-0.2, 0) is 0 Å². The molecule has 1 aromatic heterocycles. The van der Waals surface area contributed by atoms with E-state index in [-0.39, 0.29) is 11.8 Å². The van der Waals surface area contributed by atoms with Crippen molar-refractivity contribution in [1.82, 2.24) is 5.43 Å². The van der Waals surface area contributed by atoms with Gasteiger partial charge in [-0.25, -0.2) is 5.43 Å². The summed E-state index contributed by atoms with van der Waals surface area (Å²) in [6.07, 6.45) is 0. The molecule has 0 saturated heterocycles. The second-order valence-electron chi connectivity index (χ2n) is 7.09. The summed E-state index contributed by atoms with van der Waals surface area (Å²) in [7, 11) is 0. The standard InChI is InChI=1S/C26H21N3O2S/c1-18(19-13-15-23(16-14-19)27-26(31)24-8-5-17-32-24)28-29-25(30)22-11-9-21(10-12-22)20-6-3-2-4-7-20/h2-17H,1H3,(H,27,31)(H,29,30). The van der Waals surface area contributed by atoms with Gasteiger partial charge >= 0.3 is 0 Å². The zero-order valence-corrected chi connectivity index (χ0v) is 18.2. The highest BCUT2D eigenvalue weighted by Crippen LogP contribution is 2.19. The van der Waals surface area contributed by atoms with E-state index in [0.717, 1.165) is 16.7 Å². The van der Waals surface area contributed by atoms with Crippen LogP contribution in [0.1, 0.15) is 32.5 Å². The van der Waals surface area contributed by atoms with Crippen molar-refractivity contribution in [2.24, 2.45) is 5.10 Å². The monoisotopic (exact) mass is 439 g/mol. The number of carbonyl (C=O) groups excluding carboxylic acids is 2. The maximum atomic E-state index is 12.5. The van der Waals surface area contributed by atoms with Crippen molar-refractivity contribution >= 4 is 34.6 Å². The Bertz CT molecular complexity index is 1230. The van der Waals surface area contributed by atoms with E-state index >= 15 is 0 Å². The number of hydrogen-bond acceptors (Lipinski definition) is 4. The number of thiophene rings is 1. The Hall–Kier alpha value is -4.03. The maximum Gasteiger partial charge on any atom is 0.271 e. The molecule has 4 rings (SSSR count). The van der Waals surface area contributed by atoms with Gasteiger partial charge in [-0.05, 0) is 59.3 Å². The molecule has 0 saturated carbocycles. The van der Waals surface area contributed by atoms with Crippen LogP contribution in [0.3, 0.4) is 0 Å². The van der Waals surface area contributed by atoms with Crippen LogP contribution >= 0.6 is 11.3 Å². The summed E-state index contributed by atoms with van der Waals surface area (Å²) in [6.45, 7) is 1.82. The van der Waals surface area contributed by atoms with Gasteiger partial charge in [-0.15, -0.1) is 11.3 Å². The summed E-state index contributed by atoms with van der Waals surface area (Å²) in [5, 5.41) is 8.94. The lowest BCUT2D eigenvalue weighted by molar-refractivity contribution is 0.0954. The lowest BCUT2D eigenvalue weighted by atomic mass is 10.0. The minimum atomic E-state index is -0.274. The molecule has 0 unspecified atom stereocenters. The molecule has 0 spiro atoms. The van der Waals surface area contributed by atoms with E-state index in [1.54, 1.807) is 18.2 Å². The largest absolute Gasteiger partial charge is 0.321 e. The Labute approximate surface area is 190 Å². The van der Waals surface area contributed by atoms with Crippen molar-refractivity contribution in [2.75, 3.05) is 5.32 Å². The molecule has 5 nitrogen and oxygen atoms in total. The van der Waals surface area contributed by atoms with Crippen LogP contribution in [0.5, 0.6) is 0 Å². The number of nitrogens with one attached hydrogen (secondary N) is 2. The van der Waals surface area contributed by atoms with Crippen LogP contribution in [0.15, 0.2) is 101 Å². The van der Waals surface area contributed by atoms with Crippen molar-refractivity contribution in [1.29, 1.82) is 0 Å². The number of nitrogens with zero attached hydrogens (tertiary/aromatic N) is 1. The molecule has 0 radical (unpaired) electrons. The van der Waals surface area contributed by atoms with Crippen molar-refractivity contribution in [3.63, 3.8) is 0 Å². The third-order valence-corrected chi connectivity index (χ3v) is 5.75. The van der Waals surface area contributed by atoms with E-state index in [1.165, 1.54) is 11.3 Å². The minimum absolute atomic E-state index is 0.135. The maximum absolute atomic E-state index is 12.5. The van der Waals surface area contributed by atoms with Gasteiger partial charge in [0.1, 0.15) is 0 Å². The number of hydrazone groups is 1. The van der Waals surface area contributed by atoms with Gasteiger partial charge < -0.3 is 5.32 Å². The molecular formula is C26H21N3O2S. The average molecular weight is 440 g/mol. The fraction of sp³-hybridized carbons (Fsp3) is 0.0385. The van der Waals surface area contributed by atoms with E-state index < -0.39 is 0 Å². The summed E-state index contributed by atoms with van der Waals surface area (Å²) in [5.41, 5.74) is 7.49. The highest BCUT2D eigenvalue weighted by Gasteiger charge is 2.08. The predicted molar refractivity (Wildman–Crippen MR) is 130 cm³/mol. The van der Waals surface area contributed by atoms with Gasteiger partial charge in [0.2, 0.25) is 0 Å². The topological polar surface area (TPSA) is 70.6 Å². The number of benzene rings is 3. The lowest BCUT2D eigenvalue weighted by Crippen LogP contribution is -2.19. The average Bonchev–Trinajstić information content (AvgIpc) is 3.39. The van der Waals surface area contributed by atoms with Crippen LogP contribution in [0.4, 0.5) is 5.69 Å². The Balaban J connectivity index is 1.36. The fourth-order valence-corrected chi connectivity index (χ4v) is 3.72. The molecule has 3 aromatic carbocycles. The van der Waals surface area contributed by atoms with Crippen molar-refractivity contribution in [2.45, 2.75) is 6.92 Å². The van der Waals surface area contributed by atoms with Crippen molar-refractivity contribution < 1.29 is 9.59 Å². The molecule has 2 N–H and O–H groups in total. The van der Waals surface area contributed by atoms with E-state index in [4.69, 9.17) is 0 Å². The summed E-state index contributed by atoms with van der Waals surface area (Å²) in [6, 6.07) is 28.4. The molecule has 4 aromatic rings. The first-order valence-electron chi connectivity index (χ1n) is 10.1.